The third-order valence-corrected chi connectivity index (χ3v) is 5.11. The number of piperidine rings is 1. The van der Waals surface area contributed by atoms with Crippen LogP contribution in [0.2, 0.25) is 0 Å². The molecule has 1 aromatic rings. The predicted molar refractivity (Wildman–Crippen MR) is 68.3 cm³/mol. The minimum absolute atomic E-state index is 0.0277. The number of carbonyl (C=O) groups is 1. The zero-order valence-corrected chi connectivity index (χ0v) is 11.4. The van der Waals surface area contributed by atoms with Crippen LogP contribution >= 0.6 is 0 Å². The molecule has 8 nitrogen and oxygen atoms in total. The molecule has 0 saturated carbocycles. The van der Waals surface area contributed by atoms with Crippen molar-refractivity contribution < 1.29 is 13.2 Å². The van der Waals surface area contributed by atoms with Crippen LogP contribution in [0.4, 0.5) is 5.82 Å². The zero-order chi connectivity index (χ0) is 14.2. The van der Waals surface area contributed by atoms with Gasteiger partial charge in [-0.2, -0.15) is 9.40 Å². The van der Waals surface area contributed by atoms with E-state index in [1.54, 1.807) is 7.05 Å². The lowest BCUT2D eigenvalue weighted by molar-refractivity contribution is -0.122. The fraction of sp³-hybridized carbons (Fsp3) is 0.600. The zero-order valence-electron chi connectivity index (χ0n) is 10.6. The molecule has 1 amide bonds. The molecule has 1 fully saturated rings. The van der Waals surface area contributed by atoms with Gasteiger partial charge in [-0.1, -0.05) is 0 Å². The Bertz CT molecular complexity index is 594. The third-order valence-electron chi connectivity index (χ3n) is 3.23. The van der Waals surface area contributed by atoms with Crippen molar-refractivity contribution in [2.24, 2.45) is 18.7 Å². The molecule has 2 rings (SSSR count). The van der Waals surface area contributed by atoms with Gasteiger partial charge in [0.2, 0.25) is 15.9 Å². The highest BCUT2D eigenvalue weighted by Gasteiger charge is 2.34. The highest BCUT2D eigenvalue weighted by Crippen LogP contribution is 2.26. The Hall–Kier alpha value is -1.61. The van der Waals surface area contributed by atoms with Crippen LogP contribution in [0, 0.1) is 5.92 Å². The van der Waals surface area contributed by atoms with Crippen molar-refractivity contribution in [3.8, 4) is 0 Å². The number of nitrogens with two attached hydrogens (primary N) is 2. The smallest absolute Gasteiger partial charge is 0.248 e. The van der Waals surface area contributed by atoms with Crippen LogP contribution in [-0.2, 0) is 21.9 Å². The number of carbonyl (C=O) groups excluding carboxylic acids is 1. The summed E-state index contributed by atoms with van der Waals surface area (Å²) in [6.45, 7) is 0.465. The van der Waals surface area contributed by atoms with Crippen molar-refractivity contribution >= 4 is 21.7 Å². The van der Waals surface area contributed by atoms with E-state index in [9.17, 15) is 13.2 Å². The maximum absolute atomic E-state index is 12.4. The number of hydrogen-bond acceptors (Lipinski definition) is 5. The van der Waals surface area contributed by atoms with Gasteiger partial charge in [-0.3, -0.25) is 9.48 Å². The summed E-state index contributed by atoms with van der Waals surface area (Å²) in [5, 5.41) is 3.82. The molecule has 19 heavy (non-hydrogen) atoms. The van der Waals surface area contributed by atoms with E-state index in [0.29, 0.717) is 19.4 Å². The Labute approximate surface area is 111 Å². The maximum Gasteiger partial charge on any atom is 0.248 e. The van der Waals surface area contributed by atoms with Gasteiger partial charge in [-0.15, -0.1) is 0 Å². The van der Waals surface area contributed by atoms with Crippen LogP contribution in [0.5, 0.6) is 0 Å². The number of sulfonamides is 1. The lowest BCUT2D eigenvalue weighted by Gasteiger charge is -2.29. The monoisotopic (exact) mass is 287 g/mol. The average Bonchev–Trinajstić information content (AvgIpc) is 2.69. The first kappa shape index (κ1) is 13.8. The SMILES string of the molecule is Cn1cc(S(=O)(=O)N2CCCC(C(N)=O)C2)c(N)n1. The number of nitrogen functional groups attached to an aromatic ring is 1. The predicted octanol–water partition coefficient (Wildman–Crippen LogP) is -1.11. The summed E-state index contributed by atoms with van der Waals surface area (Å²) >= 11 is 0. The first-order valence-corrected chi connectivity index (χ1v) is 7.35. The van der Waals surface area contributed by atoms with Crippen molar-refractivity contribution in [1.82, 2.24) is 14.1 Å². The molecule has 4 N–H and O–H groups in total. The van der Waals surface area contributed by atoms with Gasteiger partial charge >= 0.3 is 0 Å². The van der Waals surface area contributed by atoms with Gasteiger partial charge in [0.1, 0.15) is 4.90 Å². The topological polar surface area (TPSA) is 124 Å². The number of anilines is 1. The standard InChI is InChI=1S/C10H17N5O3S/c1-14-6-8(9(11)13-14)19(17,18)15-4-2-3-7(5-15)10(12)16/h6-7H,2-5H2,1H3,(H2,11,13)(H2,12,16). The van der Waals surface area contributed by atoms with Crippen LogP contribution in [-0.4, -0.2) is 41.5 Å². The van der Waals surface area contributed by atoms with E-state index in [2.05, 4.69) is 5.10 Å². The Kier molecular flexibility index (Phi) is 3.50. The molecule has 1 aliphatic rings. The van der Waals surface area contributed by atoms with Crippen molar-refractivity contribution in [3.05, 3.63) is 6.20 Å². The molecule has 0 spiro atoms. The molecule has 2 heterocycles. The third kappa shape index (κ3) is 2.56. The number of primary amides is 1. The summed E-state index contributed by atoms with van der Waals surface area (Å²) in [5.74, 6) is -0.954. The maximum atomic E-state index is 12.4. The molecule has 1 unspecified atom stereocenters. The van der Waals surface area contributed by atoms with E-state index in [1.807, 2.05) is 0 Å². The Morgan fingerprint density at radius 1 is 1.53 bits per heavy atom. The van der Waals surface area contributed by atoms with Gasteiger partial charge in [0.25, 0.3) is 0 Å². The summed E-state index contributed by atoms with van der Waals surface area (Å²) in [5.41, 5.74) is 10.8. The molecule has 0 aliphatic carbocycles. The molecule has 106 valence electrons. The van der Waals surface area contributed by atoms with Crippen LogP contribution < -0.4 is 11.5 Å². The number of aryl methyl sites for hydroxylation is 1. The van der Waals surface area contributed by atoms with Gasteiger partial charge in [-0.25, -0.2) is 8.42 Å². The lowest BCUT2D eigenvalue weighted by atomic mass is 9.99. The second-order valence-corrected chi connectivity index (χ2v) is 6.56. The van der Waals surface area contributed by atoms with Gasteiger partial charge in [0, 0.05) is 26.3 Å². The fourth-order valence-electron chi connectivity index (χ4n) is 2.21. The molecule has 0 aromatic carbocycles. The molecule has 9 heteroatoms. The normalized spacial score (nSPS) is 21.4. The van der Waals surface area contributed by atoms with Crippen LogP contribution in [0.3, 0.4) is 0 Å². The lowest BCUT2D eigenvalue weighted by Crippen LogP contribution is -2.44. The summed E-state index contributed by atoms with van der Waals surface area (Å²) < 4.78 is 27.5. The molecule has 1 aliphatic heterocycles. The molecular formula is C10H17N5O3S. The first-order chi connectivity index (χ1) is 8.82. The Balaban J connectivity index is 2.29. The van der Waals surface area contributed by atoms with Crippen LogP contribution in [0.1, 0.15) is 12.8 Å². The Morgan fingerprint density at radius 2 is 2.21 bits per heavy atom. The van der Waals surface area contributed by atoms with Crippen molar-refractivity contribution in [1.29, 1.82) is 0 Å². The van der Waals surface area contributed by atoms with Crippen molar-refractivity contribution in [2.45, 2.75) is 17.7 Å². The average molecular weight is 287 g/mol. The second-order valence-electron chi connectivity index (χ2n) is 4.66. The first-order valence-electron chi connectivity index (χ1n) is 5.91. The van der Waals surface area contributed by atoms with E-state index in [1.165, 1.54) is 15.2 Å². The van der Waals surface area contributed by atoms with Crippen molar-refractivity contribution in [3.63, 3.8) is 0 Å². The molecular weight excluding hydrogens is 270 g/mol. The van der Waals surface area contributed by atoms with E-state index in [4.69, 9.17) is 11.5 Å². The summed E-state index contributed by atoms with van der Waals surface area (Å²) in [6.07, 6.45) is 2.58. The minimum Gasteiger partial charge on any atom is -0.381 e. The van der Waals surface area contributed by atoms with E-state index in [-0.39, 0.29) is 17.3 Å². The largest absolute Gasteiger partial charge is 0.381 e. The van der Waals surface area contributed by atoms with Gasteiger partial charge in [0.05, 0.1) is 5.92 Å². The van der Waals surface area contributed by atoms with Gasteiger partial charge in [-0.05, 0) is 12.8 Å². The van der Waals surface area contributed by atoms with E-state index >= 15 is 0 Å². The Morgan fingerprint density at radius 3 is 2.74 bits per heavy atom. The highest BCUT2D eigenvalue weighted by molar-refractivity contribution is 7.89. The molecule has 0 radical (unpaired) electrons. The van der Waals surface area contributed by atoms with E-state index in [0.717, 1.165) is 0 Å². The number of hydrogen-bond donors (Lipinski definition) is 2. The summed E-state index contributed by atoms with van der Waals surface area (Å²) in [4.78, 5) is 11.2. The highest BCUT2D eigenvalue weighted by atomic mass is 32.2. The van der Waals surface area contributed by atoms with Crippen molar-refractivity contribution in [2.75, 3.05) is 18.8 Å². The fourth-order valence-corrected chi connectivity index (χ4v) is 3.83. The number of nitrogens with zero attached hydrogens (tertiary/aromatic N) is 3. The summed E-state index contributed by atoms with van der Waals surface area (Å²) in [7, 11) is -2.13. The van der Waals surface area contributed by atoms with Crippen LogP contribution in [0.25, 0.3) is 0 Å². The van der Waals surface area contributed by atoms with Gasteiger partial charge in [0.15, 0.2) is 5.82 Å². The van der Waals surface area contributed by atoms with Gasteiger partial charge < -0.3 is 11.5 Å². The molecule has 1 aromatic heterocycles. The number of rotatable bonds is 3. The van der Waals surface area contributed by atoms with E-state index < -0.39 is 21.8 Å². The molecule has 1 saturated heterocycles. The summed E-state index contributed by atoms with van der Waals surface area (Å²) in [6, 6.07) is 0. The number of aromatic nitrogens is 2. The minimum atomic E-state index is -3.72. The van der Waals surface area contributed by atoms with Crippen LogP contribution in [0.15, 0.2) is 11.1 Å². The number of amides is 1. The quantitative estimate of drug-likeness (QED) is 0.729. The second kappa shape index (κ2) is 4.82. The molecule has 0 bridgehead atoms. The molecule has 1 atom stereocenters.